The summed E-state index contributed by atoms with van der Waals surface area (Å²) in [6, 6.07) is 11.5. The maximum absolute atomic E-state index is 13.3. The van der Waals surface area contributed by atoms with Crippen molar-refractivity contribution in [1.29, 1.82) is 0 Å². The predicted octanol–water partition coefficient (Wildman–Crippen LogP) is 4.08. The predicted molar refractivity (Wildman–Crippen MR) is 188 cm³/mol. The van der Waals surface area contributed by atoms with Crippen molar-refractivity contribution in [1.82, 2.24) is 19.4 Å². The quantitative estimate of drug-likeness (QED) is 0.326. The number of anilines is 1. The number of carboxylic acids is 1. The van der Waals surface area contributed by atoms with Crippen LogP contribution in [0, 0.1) is 5.92 Å². The first-order valence-corrected chi connectivity index (χ1v) is 19.1. The van der Waals surface area contributed by atoms with Gasteiger partial charge in [-0.05, 0) is 74.8 Å². The normalized spacial score (nSPS) is 19.6. The molecule has 13 nitrogen and oxygen atoms in total. The number of para-hydroxylation sites is 1. The number of piperazine rings is 1. The fourth-order valence-electron chi connectivity index (χ4n) is 6.72. The summed E-state index contributed by atoms with van der Waals surface area (Å²) in [5, 5.41) is 12.5. The molecule has 0 aromatic heterocycles. The molecule has 3 heterocycles. The molecule has 0 aliphatic carbocycles. The van der Waals surface area contributed by atoms with Crippen LogP contribution in [-0.2, 0) is 29.1 Å². The molecular weight excluding hydrogens is 709 g/mol. The topological polar surface area (TPSA) is 157 Å². The SMILES string of the molecule is O=C(O)[C@H](CCC(=O)N1CCC(CCOC(=O)N2CCN(c3ccccc3)CC2)CC1)NC(=O)[C@H]1CCCN1S(=O)(=O)c1cc(Cl)cc(Cl)c1. The number of carboxylic acid groups (broad SMARTS) is 1. The lowest BCUT2D eigenvalue weighted by atomic mass is 9.93. The van der Waals surface area contributed by atoms with E-state index in [2.05, 4.69) is 22.3 Å². The minimum absolute atomic E-state index is 0.0751. The number of rotatable bonds is 12. The molecule has 3 amide bonds. The standard InChI is InChI=1S/C34H43Cl2N5O8S/c35-25-21-26(36)23-28(22-25)50(47,48)41-13-4-7-30(41)32(43)37-29(33(44)45)8-9-31(42)39-14-10-24(11-15-39)12-20-49-34(46)40-18-16-38(17-19-40)27-5-2-1-3-6-27/h1-3,5-6,21-24,29-30H,4,7-20H2,(H,37,43)(H,44,45)/t29-,30+/m0/s1. The lowest BCUT2D eigenvalue weighted by Gasteiger charge is -2.35. The maximum atomic E-state index is 13.3. The molecule has 0 spiro atoms. The largest absolute Gasteiger partial charge is 0.480 e. The molecule has 50 heavy (non-hydrogen) atoms. The van der Waals surface area contributed by atoms with E-state index in [4.69, 9.17) is 27.9 Å². The summed E-state index contributed by atoms with van der Waals surface area (Å²) in [5.74, 6) is -1.98. The van der Waals surface area contributed by atoms with Gasteiger partial charge in [0.2, 0.25) is 21.8 Å². The Kier molecular flexibility index (Phi) is 12.9. The Labute approximate surface area is 302 Å². The molecule has 2 atom stereocenters. The molecule has 2 N–H and O–H groups in total. The monoisotopic (exact) mass is 751 g/mol. The van der Waals surface area contributed by atoms with Crippen LogP contribution in [-0.4, -0.2) is 116 Å². The van der Waals surface area contributed by atoms with Crippen molar-refractivity contribution in [3.63, 3.8) is 0 Å². The van der Waals surface area contributed by atoms with Crippen LogP contribution < -0.4 is 10.2 Å². The highest BCUT2D eigenvalue weighted by Gasteiger charge is 2.41. The van der Waals surface area contributed by atoms with E-state index in [9.17, 15) is 32.7 Å². The van der Waals surface area contributed by atoms with Gasteiger partial charge < -0.3 is 29.9 Å². The van der Waals surface area contributed by atoms with Gasteiger partial charge in [-0.3, -0.25) is 9.59 Å². The molecule has 5 rings (SSSR count). The Morgan fingerprint density at radius 2 is 1.54 bits per heavy atom. The van der Waals surface area contributed by atoms with Gasteiger partial charge in [0.1, 0.15) is 12.1 Å². The second-order valence-corrected chi connectivity index (χ2v) is 15.6. The van der Waals surface area contributed by atoms with Crippen molar-refractivity contribution in [3.8, 4) is 0 Å². The van der Waals surface area contributed by atoms with E-state index in [-0.39, 0.29) is 52.7 Å². The number of amides is 3. The van der Waals surface area contributed by atoms with E-state index >= 15 is 0 Å². The smallest absolute Gasteiger partial charge is 0.409 e. The first kappa shape index (κ1) is 37.7. The number of halogens is 2. The van der Waals surface area contributed by atoms with Gasteiger partial charge in [0, 0.05) is 68.0 Å². The van der Waals surface area contributed by atoms with Gasteiger partial charge in [-0.25, -0.2) is 18.0 Å². The number of benzene rings is 2. The Morgan fingerprint density at radius 1 is 0.880 bits per heavy atom. The van der Waals surface area contributed by atoms with Gasteiger partial charge >= 0.3 is 12.1 Å². The number of nitrogens with zero attached hydrogens (tertiary/aromatic N) is 4. The molecule has 16 heteroatoms. The van der Waals surface area contributed by atoms with E-state index < -0.39 is 34.0 Å². The Bertz CT molecular complexity index is 1610. The average molecular weight is 753 g/mol. The molecule has 3 fully saturated rings. The Morgan fingerprint density at radius 3 is 2.18 bits per heavy atom. The molecule has 2 aromatic carbocycles. The maximum Gasteiger partial charge on any atom is 0.409 e. The van der Waals surface area contributed by atoms with Crippen molar-refractivity contribution < 1.29 is 37.4 Å². The van der Waals surface area contributed by atoms with E-state index in [1.807, 2.05) is 18.2 Å². The summed E-state index contributed by atoms with van der Waals surface area (Å²) in [6.45, 7) is 4.08. The number of hydrogen-bond acceptors (Lipinski definition) is 8. The van der Waals surface area contributed by atoms with E-state index in [0.717, 1.165) is 35.9 Å². The molecule has 0 unspecified atom stereocenters. The van der Waals surface area contributed by atoms with Crippen LogP contribution in [0.15, 0.2) is 53.4 Å². The minimum Gasteiger partial charge on any atom is -0.480 e. The number of likely N-dealkylation sites (tertiary alicyclic amines) is 1. The van der Waals surface area contributed by atoms with Gasteiger partial charge in [0.25, 0.3) is 0 Å². The number of hydrogen-bond donors (Lipinski definition) is 2. The van der Waals surface area contributed by atoms with Crippen LogP contribution in [0.5, 0.6) is 0 Å². The highest BCUT2D eigenvalue weighted by Crippen LogP contribution is 2.30. The molecule has 2 aromatic rings. The molecule has 3 aliphatic rings. The van der Waals surface area contributed by atoms with Crippen LogP contribution in [0.2, 0.25) is 10.0 Å². The van der Waals surface area contributed by atoms with Crippen LogP contribution in [0.1, 0.15) is 44.9 Å². The number of carbonyl (C=O) groups is 4. The lowest BCUT2D eigenvalue weighted by molar-refractivity contribution is -0.143. The van der Waals surface area contributed by atoms with Crippen LogP contribution in [0.25, 0.3) is 0 Å². The summed E-state index contributed by atoms with van der Waals surface area (Å²) in [7, 11) is -4.14. The molecule has 272 valence electrons. The highest BCUT2D eigenvalue weighted by atomic mass is 35.5. The fourth-order valence-corrected chi connectivity index (χ4v) is 9.10. The molecule has 0 saturated carbocycles. The summed E-state index contributed by atoms with van der Waals surface area (Å²) in [6.07, 6.45) is 2.26. The Balaban J connectivity index is 1.02. The third-order valence-electron chi connectivity index (χ3n) is 9.59. The summed E-state index contributed by atoms with van der Waals surface area (Å²) in [4.78, 5) is 56.3. The van der Waals surface area contributed by atoms with Crippen molar-refractivity contribution in [2.45, 2.75) is 61.9 Å². The number of aliphatic carboxylic acids is 1. The van der Waals surface area contributed by atoms with Crippen molar-refractivity contribution in [2.24, 2.45) is 5.92 Å². The third kappa shape index (κ3) is 9.59. The minimum atomic E-state index is -4.14. The van der Waals surface area contributed by atoms with E-state index in [1.54, 1.807) is 9.80 Å². The van der Waals surface area contributed by atoms with Gasteiger partial charge in [0.15, 0.2) is 0 Å². The molecule has 3 saturated heterocycles. The first-order valence-electron chi connectivity index (χ1n) is 16.9. The summed E-state index contributed by atoms with van der Waals surface area (Å²) < 4.78 is 33.3. The molecular formula is C34H43Cl2N5O8S. The average Bonchev–Trinajstić information content (AvgIpc) is 3.62. The van der Waals surface area contributed by atoms with Gasteiger partial charge in [-0.2, -0.15) is 4.31 Å². The molecule has 3 aliphatic heterocycles. The lowest BCUT2D eigenvalue weighted by Crippen LogP contribution is -2.51. The Hall–Kier alpha value is -3.59. The zero-order chi connectivity index (χ0) is 35.8. The zero-order valence-electron chi connectivity index (χ0n) is 27.7. The van der Waals surface area contributed by atoms with Crippen molar-refractivity contribution >= 4 is 62.8 Å². The number of carbonyl (C=O) groups excluding carboxylic acids is 3. The second kappa shape index (κ2) is 17.1. The number of piperidine rings is 1. The van der Waals surface area contributed by atoms with E-state index in [0.29, 0.717) is 51.5 Å². The van der Waals surface area contributed by atoms with Gasteiger partial charge in [0.05, 0.1) is 11.5 Å². The molecule has 0 radical (unpaired) electrons. The fraction of sp³-hybridized carbons (Fsp3) is 0.529. The number of ether oxygens (including phenoxy) is 1. The van der Waals surface area contributed by atoms with Crippen LogP contribution >= 0.6 is 23.2 Å². The third-order valence-corrected chi connectivity index (χ3v) is 11.9. The molecule has 0 bridgehead atoms. The number of nitrogens with one attached hydrogen (secondary N) is 1. The van der Waals surface area contributed by atoms with Crippen LogP contribution in [0.3, 0.4) is 0 Å². The van der Waals surface area contributed by atoms with Crippen molar-refractivity contribution in [2.75, 3.05) is 57.3 Å². The van der Waals surface area contributed by atoms with Crippen molar-refractivity contribution in [3.05, 3.63) is 58.6 Å². The zero-order valence-corrected chi connectivity index (χ0v) is 30.0. The number of sulfonamides is 1. The summed E-state index contributed by atoms with van der Waals surface area (Å²) in [5.41, 5.74) is 1.14. The van der Waals surface area contributed by atoms with Crippen LogP contribution in [0.4, 0.5) is 10.5 Å². The van der Waals surface area contributed by atoms with Gasteiger partial charge in [-0.1, -0.05) is 41.4 Å². The van der Waals surface area contributed by atoms with E-state index in [1.165, 1.54) is 18.2 Å². The first-order chi connectivity index (χ1) is 23.9. The second-order valence-electron chi connectivity index (χ2n) is 12.9. The summed E-state index contributed by atoms with van der Waals surface area (Å²) >= 11 is 12.0. The highest BCUT2D eigenvalue weighted by molar-refractivity contribution is 7.89. The van der Waals surface area contributed by atoms with Gasteiger partial charge in [-0.15, -0.1) is 0 Å².